The Morgan fingerprint density at radius 2 is 1.80 bits per heavy atom. The molecule has 0 aromatic heterocycles. The molecule has 0 bridgehead atoms. The fraction of sp³-hybridized carbons (Fsp3) is 0.889. The lowest BCUT2D eigenvalue weighted by Crippen LogP contribution is -2.35. The first-order valence-corrected chi connectivity index (χ1v) is 8.32. The van der Waals surface area contributed by atoms with Crippen molar-refractivity contribution >= 4 is 14.0 Å². The van der Waals surface area contributed by atoms with Gasteiger partial charge in [-0.2, -0.15) is 13.2 Å². The van der Waals surface area contributed by atoms with Crippen LogP contribution in [0.3, 0.4) is 0 Å². The summed E-state index contributed by atoms with van der Waals surface area (Å²) in [7, 11) is -1.54. The summed E-state index contributed by atoms with van der Waals surface area (Å²) in [6, 6.07) is 0. The highest BCUT2D eigenvalue weighted by Gasteiger charge is 2.54. The molecule has 0 aliphatic heterocycles. The van der Waals surface area contributed by atoms with Gasteiger partial charge in [0.1, 0.15) is 0 Å². The Morgan fingerprint density at radius 1 is 1.33 bits per heavy atom. The van der Waals surface area contributed by atoms with Crippen molar-refractivity contribution in [3.8, 4) is 0 Å². The van der Waals surface area contributed by atoms with Gasteiger partial charge in [-0.1, -0.05) is 19.6 Å². The van der Waals surface area contributed by atoms with E-state index in [2.05, 4.69) is 24.4 Å². The minimum atomic E-state index is -4.87. The van der Waals surface area contributed by atoms with Gasteiger partial charge in [-0.25, -0.2) is 4.79 Å². The van der Waals surface area contributed by atoms with Crippen molar-refractivity contribution in [2.75, 3.05) is 6.61 Å². The van der Waals surface area contributed by atoms with Crippen molar-refractivity contribution in [2.45, 2.75) is 43.7 Å². The summed E-state index contributed by atoms with van der Waals surface area (Å²) in [5.41, 5.74) is 0. The number of hydrogen-bond donors (Lipinski definition) is 0. The van der Waals surface area contributed by atoms with Crippen molar-refractivity contribution in [3.63, 3.8) is 0 Å². The molecule has 1 aliphatic rings. The van der Waals surface area contributed by atoms with E-state index in [4.69, 9.17) is 0 Å². The van der Waals surface area contributed by atoms with Gasteiger partial charge in [0, 0.05) is 0 Å². The molecule has 1 aliphatic carbocycles. The number of hydrogen-bond acceptors (Lipinski definition) is 2. The van der Waals surface area contributed by atoms with Crippen LogP contribution in [0.2, 0.25) is 24.7 Å². The standard InChI is InChI=1S/C9H15F3O2Si/c1-15(2,3)8(4-5-8)6-14-7(13)9(10,11)12/h4-6H2,1-3H3. The van der Waals surface area contributed by atoms with Crippen molar-refractivity contribution in [2.24, 2.45) is 0 Å². The topological polar surface area (TPSA) is 26.3 Å². The monoisotopic (exact) mass is 240 g/mol. The summed E-state index contributed by atoms with van der Waals surface area (Å²) in [6.45, 7) is 6.19. The fourth-order valence-corrected chi connectivity index (χ4v) is 3.68. The highest BCUT2D eigenvalue weighted by molar-refractivity contribution is 6.80. The summed E-state index contributed by atoms with van der Waals surface area (Å²) >= 11 is 0. The van der Waals surface area contributed by atoms with Gasteiger partial charge in [0.25, 0.3) is 0 Å². The van der Waals surface area contributed by atoms with Gasteiger partial charge in [-0.3, -0.25) is 0 Å². The van der Waals surface area contributed by atoms with Crippen LogP contribution in [0.1, 0.15) is 12.8 Å². The predicted molar refractivity (Wildman–Crippen MR) is 52.3 cm³/mol. The number of alkyl halides is 3. The molecule has 2 nitrogen and oxygen atoms in total. The maximum absolute atomic E-state index is 11.9. The maximum Gasteiger partial charge on any atom is 0.490 e. The Labute approximate surface area is 87.8 Å². The van der Waals surface area contributed by atoms with Crippen LogP contribution in [-0.2, 0) is 9.53 Å². The Morgan fingerprint density at radius 3 is 2.07 bits per heavy atom. The maximum atomic E-state index is 11.9. The molecule has 0 unspecified atom stereocenters. The van der Waals surface area contributed by atoms with Gasteiger partial charge in [-0.05, 0) is 17.9 Å². The molecular formula is C9H15F3O2Si. The largest absolute Gasteiger partial charge is 0.490 e. The van der Waals surface area contributed by atoms with Crippen molar-refractivity contribution in [3.05, 3.63) is 0 Å². The van der Waals surface area contributed by atoms with Gasteiger partial charge < -0.3 is 4.74 Å². The van der Waals surface area contributed by atoms with Gasteiger partial charge in [0.05, 0.1) is 14.7 Å². The molecule has 0 aromatic rings. The normalized spacial score (nSPS) is 19.9. The van der Waals surface area contributed by atoms with E-state index in [1.165, 1.54) is 0 Å². The first kappa shape index (κ1) is 12.5. The van der Waals surface area contributed by atoms with E-state index in [1.807, 2.05) is 0 Å². The molecule has 1 rings (SSSR count). The van der Waals surface area contributed by atoms with Crippen LogP contribution in [0.25, 0.3) is 0 Å². The summed E-state index contributed by atoms with van der Waals surface area (Å²) in [5.74, 6) is -2.06. The first-order valence-electron chi connectivity index (χ1n) is 4.82. The van der Waals surface area contributed by atoms with Crippen molar-refractivity contribution < 1.29 is 22.7 Å². The number of esters is 1. The number of rotatable bonds is 3. The van der Waals surface area contributed by atoms with Crippen LogP contribution >= 0.6 is 0 Å². The first-order chi connectivity index (χ1) is 6.58. The van der Waals surface area contributed by atoms with E-state index < -0.39 is 20.2 Å². The third-order valence-electron chi connectivity index (χ3n) is 3.16. The van der Waals surface area contributed by atoms with Crippen LogP contribution in [0.4, 0.5) is 13.2 Å². The van der Waals surface area contributed by atoms with E-state index in [0.29, 0.717) is 0 Å². The molecule has 0 N–H and O–H groups in total. The Kier molecular flexibility index (Phi) is 2.93. The van der Waals surface area contributed by atoms with E-state index in [9.17, 15) is 18.0 Å². The molecule has 0 atom stereocenters. The minimum Gasteiger partial charge on any atom is -0.459 e. The Balaban J connectivity index is 2.49. The van der Waals surface area contributed by atoms with Gasteiger partial charge in [-0.15, -0.1) is 0 Å². The van der Waals surface area contributed by atoms with Crippen LogP contribution < -0.4 is 0 Å². The summed E-state index contributed by atoms with van der Waals surface area (Å²) in [4.78, 5) is 10.5. The summed E-state index contributed by atoms with van der Waals surface area (Å²) in [5, 5.41) is -0.117. The number of halogens is 3. The Hall–Kier alpha value is -0.523. The zero-order chi connectivity index (χ0) is 11.9. The lowest BCUT2D eigenvalue weighted by atomic mass is 10.4. The zero-order valence-electron chi connectivity index (χ0n) is 9.07. The molecule has 6 heteroatoms. The van der Waals surface area contributed by atoms with Gasteiger partial charge in [0.15, 0.2) is 0 Å². The summed E-state index contributed by atoms with van der Waals surface area (Å²) in [6.07, 6.45) is -3.10. The zero-order valence-corrected chi connectivity index (χ0v) is 10.1. The van der Waals surface area contributed by atoms with E-state index >= 15 is 0 Å². The molecule has 15 heavy (non-hydrogen) atoms. The number of carbonyl (C=O) groups is 1. The van der Waals surface area contributed by atoms with E-state index in [0.717, 1.165) is 12.8 Å². The van der Waals surface area contributed by atoms with E-state index in [1.54, 1.807) is 0 Å². The fourth-order valence-electron chi connectivity index (χ4n) is 1.55. The van der Waals surface area contributed by atoms with Crippen LogP contribution in [0, 0.1) is 0 Å². The third-order valence-corrected chi connectivity index (χ3v) is 6.98. The highest BCUT2D eigenvalue weighted by atomic mass is 28.3. The third kappa shape index (κ3) is 2.73. The average molecular weight is 240 g/mol. The second-order valence-corrected chi connectivity index (χ2v) is 10.7. The lowest BCUT2D eigenvalue weighted by Gasteiger charge is -2.28. The second kappa shape index (κ2) is 3.50. The molecule has 0 aromatic carbocycles. The second-order valence-electron chi connectivity index (χ2n) is 5.10. The quantitative estimate of drug-likeness (QED) is 0.560. The van der Waals surface area contributed by atoms with Crippen molar-refractivity contribution in [1.29, 1.82) is 0 Å². The Bertz CT molecular complexity index is 264. The lowest BCUT2D eigenvalue weighted by molar-refractivity contribution is -0.200. The summed E-state index contributed by atoms with van der Waals surface area (Å²) < 4.78 is 40.0. The molecule has 0 amide bonds. The van der Waals surface area contributed by atoms with Crippen LogP contribution in [-0.4, -0.2) is 26.8 Å². The number of ether oxygens (including phenoxy) is 1. The molecule has 0 saturated heterocycles. The van der Waals surface area contributed by atoms with Gasteiger partial charge >= 0.3 is 12.1 Å². The highest BCUT2D eigenvalue weighted by Crippen LogP contribution is 2.60. The number of carbonyl (C=O) groups excluding carboxylic acids is 1. The molecule has 0 spiro atoms. The molecule has 0 radical (unpaired) electrons. The minimum absolute atomic E-state index is 0.0684. The molecule has 1 saturated carbocycles. The predicted octanol–water partition coefficient (Wildman–Crippen LogP) is 2.96. The van der Waals surface area contributed by atoms with Crippen LogP contribution in [0.15, 0.2) is 0 Å². The molecule has 1 fully saturated rings. The van der Waals surface area contributed by atoms with Crippen LogP contribution in [0.5, 0.6) is 0 Å². The molecule has 0 heterocycles. The SMILES string of the molecule is C[Si](C)(C)C1(COC(=O)C(F)(F)F)CC1. The molecular weight excluding hydrogens is 225 g/mol. The van der Waals surface area contributed by atoms with Gasteiger partial charge in [0.2, 0.25) is 0 Å². The van der Waals surface area contributed by atoms with E-state index in [-0.39, 0.29) is 11.6 Å². The smallest absolute Gasteiger partial charge is 0.459 e. The molecule has 88 valence electrons. The van der Waals surface area contributed by atoms with Crippen molar-refractivity contribution in [1.82, 2.24) is 0 Å². The average Bonchev–Trinajstić information content (AvgIpc) is 2.77.